The predicted molar refractivity (Wildman–Crippen MR) is 113 cm³/mol. The second-order valence-corrected chi connectivity index (χ2v) is 11.3. The molecule has 0 spiro atoms. The molecule has 0 bridgehead atoms. The minimum atomic E-state index is -4.80. The normalized spacial score (nSPS) is 17.8. The van der Waals surface area contributed by atoms with Gasteiger partial charge in [0.25, 0.3) is 0 Å². The summed E-state index contributed by atoms with van der Waals surface area (Å²) < 4.78 is 70.7. The summed E-state index contributed by atoms with van der Waals surface area (Å²) in [6.07, 6.45) is -0.507. The van der Waals surface area contributed by atoms with Gasteiger partial charge in [-0.2, -0.15) is 21.9 Å². The molecule has 1 aliphatic carbocycles. The number of amides is 1. The van der Waals surface area contributed by atoms with E-state index in [1.165, 1.54) is 29.3 Å². The van der Waals surface area contributed by atoms with Crippen molar-refractivity contribution < 1.29 is 26.6 Å². The second-order valence-electron chi connectivity index (χ2n) is 8.80. The van der Waals surface area contributed by atoms with Crippen LogP contribution in [0.4, 0.5) is 29.1 Å². The smallest absolute Gasteiger partial charge is 0.325 e. The number of fused-ring (bicyclic) bond motifs is 3. The SMILES string of the molecule is CC1(C)C[C@H](C(=O)Nc2cc(N=S(C)(C)=O)nc(C(F)(F)F)c2)c2cnc3cc(F)nn3c21. The summed E-state index contributed by atoms with van der Waals surface area (Å²) in [5.41, 5.74) is -0.635. The number of aromatic nitrogens is 4. The van der Waals surface area contributed by atoms with Gasteiger partial charge in [0.15, 0.2) is 11.5 Å². The van der Waals surface area contributed by atoms with E-state index in [2.05, 4.69) is 24.7 Å². The van der Waals surface area contributed by atoms with Gasteiger partial charge in [0, 0.05) is 57.2 Å². The summed E-state index contributed by atoms with van der Waals surface area (Å²) in [7, 11) is -2.79. The molecule has 1 amide bonds. The van der Waals surface area contributed by atoms with Crippen molar-refractivity contribution in [2.24, 2.45) is 4.36 Å². The Balaban J connectivity index is 1.73. The Hall–Kier alpha value is -3.09. The van der Waals surface area contributed by atoms with E-state index in [0.29, 0.717) is 29.4 Å². The molecule has 0 saturated carbocycles. The lowest BCUT2D eigenvalue weighted by atomic mass is 9.88. The van der Waals surface area contributed by atoms with Crippen molar-refractivity contribution in [2.45, 2.75) is 37.8 Å². The van der Waals surface area contributed by atoms with E-state index in [1.807, 2.05) is 13.8 Å². The summed E-state index contributed by atoms with van der Waals surface area (Å²) in [6.45, 7) is 3.73. The quantitative estimate of drug-likeness (QED) is 0.566. The Kier molecular flexibility index (Phi) is 5.22. The highest BCUT2D eigenvalue weighted by Gasteiger charge is 2.43. The lowest BCUT2D eigenvalue weighted by molar-refractivity contribution is -0.141. The number of nitrogens with one attached hydrogen (secondary N) is 1. The number of nitrogens with zero attached hydrogens (tertiary/aromatic N) is 5. The number of hydrogen-bond donors (Lipinski definition) is 1. The highest BCUT2D eigenvalue weighted by Crippen LogP contribution is 2.46. The van der Waals surface area contributed by atoms with Crippen molar-refractivity contribution in [2.75, 3.05) is 17.8 Å². The maximum absolute atomic E-state index is 13.7. The fraction of sp³-hybridized carbons (Fsp3) is 0.400. The number of halogens is 4. The summed E-state index contributed by atoms with van der Waals surface area (Å²) >= 11 is 0. The minimum absolute atomic E-state index is 0.185. The molecular formula is C20H20F4N6O2S. The fourth-order valence-corrected chi connectivity index (χ4v) is 4.58. The van der Waals surface area contributed by atoms with E-state index < -0.39 is 50.6 Å². The van der Waals surface area contributed by atoms with E-state index in [1.54, 1.807) is 0 Å². The van der Waals surface area contributed by atoms with Crippen LogP contribution in [0.1, 0.15) is 43.1 Å². The average molecular weight is 484 g/mol. The molecule has 13 heteroatoms. The maximum atomic E-state index is 13.7. The lowest BCUT2D eigenvalue weighted by Crippen LogP contribution is -2.22. The molecule has 3 heterocycles. The van der Waals surface area contributed by atoms with Gasteiger partial charge in [-0.1, -0.05) is 13.8 Å². The van der Waals surface area contributed by atoms with Gasteiger partial charge in [0.2, 0.25) is 11.9 Å². The first-order valence-electron chi connectivity index (χ1n) is 9.76. The maximum Gasteiger partial charge on any atom is 0.433 e. The zero-order chi connectivity index (χ0) is 24.3. The molecule has 8 nitrogen and oxygen atoms in total. The molecule has 0 aromatic carbocycles. The summed E-state index contributed by atoms with van der Waals surface area (Å²) in [5.74, 6) is -2.45. The summed E-state index contributed by atoms with van der Waals surface area (Å²) in [4.78, 5) is 20.7. The average Bonchev–Trinajstić information content (AvgIpc) is 3.15. The zero-order valence-electron chi connectivity index (χ0n) is 18.1. The van der Waals surface area contributed by atoms with Crippen LogP contribution >= 0.6 is 0 Å². The van der Waals surface area contributed by atoms with Gasteiger partial charge in [-0.05, 0) is 12.5 Å². The third kappa shape index (κ3) is 4.54. The van der Waals surface area contributed by atoms with E-state index in [-0.39, 0.29) is 5.69 Å². The van der Waals surface area contributed by atoms with Crippen LogP contribution in [0.3, 0.4) is 0 Å². The van der Waals surface area contributed by atoms with Crippen LogP contribution in [-0.2, 0) is 26.1 Å². The van der Waals surface area contributed by atoms with Gasteiger partial charge < -0.3 is 5.32 Å². The van der Waals surface area contributed by atoms with E-state index >= 15 is 0 Å². The van der Waals surface area contributed by atoms with Gasteiger partial charge in [-0.15, -0.1) is 5.10 Å². The topological polar surface area (TPSA) is 102 Å². The molecular weight excluding hydrogens is 464 g/mol. The summed E-state index contributed by atoms with van der Waals surface area (Å²) in [6, 6.07) is 2.99. The number of carbonyl (C=O) groups excluding carboxylic acids is 1. The van der Waals surface area contributed by atoms with Crippen LogP contribution in [-0.4, -0.2) is 42.2 Å². The molecule has 3 aromatic heterocycles. The number of rotatable bonds is 3. The van der Waals surface area contributed by atoms with Crippen molar-refractivity contribution in [3.63, 3.8) is 0 Å². The third-order valence-corrected chi connectivity index (χ3v) is 5.84. The van der Waals surface area contributed by atoms with Crippen molar-refractivity contribution in [1.29, 1.82) is 0 Å². The zero-order valence-corrected chi connectivity index (χ0v) is 18.9. The molecule has 0 radical (unpaired) electrons. The first-order chi connectivity index (χ1) is 15.1. The van der Waals surface area contributed by atoms with Crippen LogP contribution in [0.5, 0.6) is 0 Å². The van der Waals surface area contributed by atoms with Gasteiger partial charge in [-0.25, -0.2) is 18.7 Å². The molecule has 1 aliphatic rings. The Morgan fingerprint density at radius 1 is 1.27 bits per heavy atom. The van der Waals surface area contributed by atoms with Crippen molar-refractivity contribution in [3.8, 4) is 0 Å². The standard InChI is InChI=1S/C20H20F4N6O2S/c1-19(2)8-11(12-9-25-16-7-14(21)28-30(16)17(12)19)18(31)26-10-5-13(20(22,23)24)27-15(6-10)29-33(3,4)32/h5-7,9,11H,8H2,1-4H3,(H,26,27,31)/t11-/m0/s1. The van der Waals surface area contributed by atoms with Gasteiger partial charge in [-0.3, -0.25) is 4.79 Å². The monoisotopic (exact) mass is 484 g/mol. The van der Waals surface area contributed by atoms with Gasteiger partial charge in [0.1, 0.15) is 5.69 Å². The first kappa shape index (κ1) is 23.1. The van der Waals surface area contributed by atoms with Crippen molar-refractivity contribution in [3.05, 3.63) is 47.3 Å². The van der Waals surface area contributed by atoms with Crippen LogP contribution in [0.25, 0.3) is 5.65 Å². The number of carbonyl (C=O) groups is 1. The van der Waals surface area contributed by atoms with E-state index in [0.717, 1.165) is 6.07 Å². The van der Waals surface area contributed by atoms with Gasteiger partial charge >= 0.3 is 6.18 Å². The highest BCUT2D eigenvalue weighted by atomic mass is 32.2. The number of alkyl halides is 3. The molecule has 0 unspecified atom stereocenters. The molecule has 0 fully saturated rings. The van der Waals surface area contributed by atoms with Crippen LogP contribution in [0, 0.1) is 5.95 Å². The molecule has 0 saturated heterocycles. The molecule has 33 heavy (non-hydrogen) atoms. The van der Waals surface area contributed by atoms with Crippen molar-refractivity contribution in [1.82, 2.24) is 19.6 Å². The Bertz CT molecular complexity index is 1400. The predicted octanol–water partition coefficient (Wildman–Crippen LogP) is 4.04. The number of anilines is 1. The van der Waals surface area contributed by atoms with Crippen LogP contribution < -0.4 is 5.32 Å². The number of hydrogen-bond acceptors (Lipinski definition) is 6. The highest BCUT2D eigenvalue weighted by molar-refractivity contribution is 7.92. The molecule has 0 aliphatic heterocycles. The van der Waals surface area contributed by atoms with E-state index in [4.69, 9.17) is 0 Å². The molecule has 176 valence electrons. The third-order valence-electron chi connectivity index (χ3n) is 5.21. The number of pyridine rings is 1. The van der Waals surface area contributed by atoms with Gasteiger partial charge in [0.05, 0.1) is 11.6 Å². The summed E-state index contributed by atoms with van der Waals surface area (Å²) in [5, 5.41) is 6.32. The van der Waals surface area contributed by atoms with Crippen molar-refractivity contribution >= 4 is 32.8 Å². The second kappa shape index (κ2) is 7.47. The fourth-order valence-electron chi connectivity index (χ4n) is 4.04. The molecule has 1 N–H and O–H groups in total. The Morgan fingerprint density at radius 3 is 2.61 bits per heavy atom. The minimum Gasteiger partial charge on any atom is -0.325 e. The van der Waals surface area contributed by atoms with E-state index in [9.17, 15) is 26.6 Å². The Morgan fingerprint density at radius 2 is 1.97 bits per heavy atom. The first-order valence-corrected chi connectivity index (χ1v) is 12.1. The largest absolute Gasteiger partial charge is 0.433 e. The molecule has 3 aromatic rings. The molecule has 1 atom stereocenters. The van der Waals surface area contributed by atoms with Crippen LogP contribution in [0.2, 0.25) is 0 Å². The molecule has 4 rings (SSSR count). The lowest BCUT2D eigenvalue weighted by Gasteiger charge is -2.19. The Labute approximate surface area is 186 Å². The van der Waals surface area contributed by atoms with Crippen LogP contribution in [0.15, 0.2) is 28.8 Å².